The van der Waals surface area contributed by atoms with E-state index >= 15 is 0 Å². The van der Waals surface area contributed by atoms with E-state index in [0.717, 1.165) is 12.8 Å². The van der Waals surface area contributed by atoms with Crippen molar-refractivity contribution in [2.45, 2.75) is 45.6 Å². The summed E-state index contributed by atoms with van der Waals surface area (Å²) >= 11 is 0. The molecule has 98 valence electrons. The molecule has 1 aliphatic carbocycles. The molecule has 1 aliphatic rings. The number of hydrogen-bond acceptors (Lipinski definition) is 3. The molecule has 0 radical (unpaired) electrons. The molecule has 1 saturated carbocycles. The second-order valence-corrected chi connectivity index (χ2v) is 5.34. The van der Waals surface area contributed by atoms with E-state index < -0.39 is 0 Å². The Morgan fingerprint density at radius 1 is 1.39 bits per heavy atom. The maximum absolute atomic E-state index is 11.1. The molecule has 2 atom stereocenters. The molecule has 2 unspecified atom stereocenters. The van der Waals surface area contributed by atoms with Gasteiger partial charge in [0.1, 0.15) is 5.69 Å². The lowest BCUT2D eigenvalue weighted by atomic mass is 9.87. The summed E-state index contributed by atoms with van der Waals surface area (Å²) in [6.07, 6.45) is 4.69. The molecule has 4 nitrogen and oxygen atoms in total. The second kappa shape index (κ2) is 5.38. The van der Waals surface area contributed by atoms with Crippen LogP contribution >= 0.6 is 0 Å². The molecule has 1 aromatic rings. The predicted molar refractivity (Wildman–Crippen MR) is 72.9 cm³/mol. The van der Waals surface area contributed by atoms with Gasteiger partial charge in [-0.05, 0) is 31.7 Å². The third-order valence-corrected chi connectivity index (χ3v) is 3.72. The molecule has 18 heavy (non-hydrogen) atoms. The van der Waals surface area contributed by atoms with Crippen LogP contribution in [0.4, 0.5) is 11.4 Å². The third kappa shape index (κ3) is 2.81. The van der Waals surface area contributed by atoms with Gasteiger partial charge in [-0.15, -0.1) is 0 Å². The fraction of sp³-hybridized carbons (Fsp3) is 0.571. The lowest BCUT2D eigenvalue weighted by molar-refractivity contribution is -0.384. The number of anilines is 1. The van der Waals surface area contributed by atoms with Gasteiger partial charge in [0, 0.05) is 11.6 Å². The van der Waals surface area contributed by atoms with Crippen LogP contribution in [0.1, 0.15) is 38.2 Å². The van der Waals surface area contributed by atoms with E-state index in [-0.39, 0.29) is 10.6 Å². The summed E-state index contributed by atoms with van der Waals surface area (Å²) in [4.78, 5) is 10.8. The Morgan fingerprint density at radius 2 is 2.17 bits per heavy atom. The monoisotopic (exact) mass is 248 g/mol. The number of hydrogen-bond donors (Lipinski definition) is 1. The molecule has 0 bridgehead atoms. The maximum Gasteiger partial charge on any atom is 0.295 e. The van der Waals surface area contributed by atoms with Crippen molar-refractivity contribution in [1.82, 2.24) is 0 Å². The van der Waals surface area contributed by atoms with Gasteiger partial charge in [-0.25, -0.2) is 0 Å². The highest BCUT2D eigenvalue weighted by Crippen LogP contribution is 2.32. The summed E-state index contributed by atoms with van der Waals surface area (Å²) in [5.41, 5.74) is 1.60. The highest BCUT2D eigenvalue weighted by molar-refractivity contribution is 5.65. The number of nitro groups is 1. The zero-order valence-corrected chi connectivity index (χ0v) is 11.0. The van der Waals surface area contributed by atoms with E-state index in [4.69, 9.17) is 0 Å². The summed E-state index contributed by atoms with van der Waals surface area (Å²) in [6, 6.07) is 5.84. The van der Waals surface area contributed by atoms with Gasteiger partial charge in [0.05, 0.1) is 4.92 Å². The Hall–Kier alpha value is -1.58. The summed E-state index contributed by atoms with van der Waals surface area (Å²) in [6.45, 7) is 4.03. The van der Waals surface area contributed by atoms with Crippen LogP contribution in [-0.4, -0.2) is 11.0 Å². The lowest BCUT2D eigenvalue weighted by Gasteiger charge is -2.28. The first-order chi connectivity index (χ1) is 8.58. The van der Waals surface area contributed by atoms with E-state index in [2.05, 4.69) is 12.2 Å². The molecular formula is C14H20N2O2. The Labute approximate surface area is 108 Å². The average molecular weight is 248 g/mol. The second-order valence-electron chi connectivity index (χ2n) is 5.34. The number of para-hydroxylation sites is 1. The van der Waals surface area contributed by atoms with E-state index in [1.807, 2.05) is 12.1 Å². The van der Waals surface area contributed by atoms with Crippen LogP contribution in [0.3, 0.4) is 0 Å². The summed E-state index contributed by atoms with van der Waals surface area (Å²) < 4.78 is 0. The Kier molecular flexibility index (Phi) is 3.84. The molecule has 2 rings (SSSR count). The maximum atomic E-state index is 11.1. The van der Waals surface area contributed by atoms with Crippen molar-refractivity contribution in [3.63, 3.8) is 0 Å². The molecule has 0 spiro atoms. The zero-order valence-electron chi connectivity index (χ0n) is 11.0. The fourth-order valence-electron chi connectivity index (χ4n) is 2.80. The van der Waals surface area contributed by atoms with Crippen molar-refractivity contribution in [3.05, 3.63) is 33.9 Å². The van der Waals surface area contributed by atoms with E-state index in [1.54, 1.807) is 13.0 Å². The quantitative estimate of drug-likeness (QED) is 0.652. The molecule has 0 aromatic heterocycles. The van der Waals surface area contributed by atoms with Crippen LogP contribution in [0.5, 0.6) is 0 Å². The topological polar surface area (TPSA) is 55.2 Å². The Balaban J connectivity index is 2.18. The van der Waals surface area contributed by atoms with Crippen molar-refractivity contribution >= 4 is 11.4 Å². The van der Waals surface area contributed by atoms with Crippen molar-refractivity contribution < 1.29 is 4.92 Å². The van der Waals surface area contributed by atoms with Gasteiger partial charge in [0.2, 0.25) is 0 Å². The molecule has 0 heterocycles. The first-order valence-electron chi connectivity index (χ1n) is 6.58. The molecule has 0 aliphatic heterocycles. The molecule has 4 heteroatoms. The van der Waals surface area contributed by atoms with Crippen molar-refractivity contribution in [2.75, 3.05) is 5.32 Å². The summed E-state index contributed by atoms with van der Waals surface area (Å²) in [7, 11) is 0. The lowest BCUT2D eigenvalue weighted by Crippen LogP contribution is -2.26. The molecule has 0 saturated heterocycles. The largest absolute Gasteiger partial charge is 0.377 e. The number of nitrogens with one attached hydrogen (secondary N) is 1. The average Bonchev–Trinajstić information content (AvgIpc) is 2.28. The minimum atomic E-state index is -0.288. The van der Waals surface area contributed by atoms with Gasteiger partial charge >= 0.3 is 0 Å². The summed E-state index contributed by atoms with van der Waals surface area (Å²) in [5.74, 6) is 0.708. The SMILES string of the molecule is Cc1cccc(NC2CCCC(C)C2)c1[N+](=O)[O-]. The number of aryl methyl sites for hydroxylation is 1. The van der Waals surface area contributed by atoms with Gasteiger partial charge in [-0.3, -0.25) is 10.1 Å². The first-order valence-corrected chi connectivity index (χ1v) is 6.58. The number of nitro benzene ring substituents is 1. The van der Waals surface area contributed by atoms with Crippen LogP contribution in [0.15, 0.2) is 18.2 Å². The van der Waals surface area contributed by atoms with Crippen molar-refractivity contribution in [3.8, 4) is 0 Å². The van der Waals surface area contributed by atoms with Gasteiger partial charge in [-0.2, -0.15) is 0 Å². The summed E-state index contributed by atoms with van der Waals surface area (Å²) in [5, 5.41) is 14.5. The zero-order chi connectivity index (χ0) is 13.1. The van der Waals surface area contributed by atoms with Gasteiger partial charge < -0.3 is 5.32 Å². The smallest absolute Gasteiger partial charge is 0.295 e. The normalized spacial score (nSPS) is 23.7. The number of nitrogens with zero attached hydrogens (tertiary/aromatic N) is 1. The fourth-order valence-corrected chi connectivity index (χ4v) is 2.80. The van der Waals surface area contributed by atoms with Crippen LogP contribution in [0, 0.1) is 23.0 Å². The number of benzene rings is 1. The predicted octanol–water partition coefficient (Wildman–Crippen LogP) is 3.89. The first kappa shape index (κ1) is 12.9. The van der Waals surface area contributed by atoms with E-state index in [1.165, 1.54) is 12.8 Å². The van der Waals surface area contributed by atoms with Crippen LogP contribution in [0.25, 0.3) is 0 Å². The highest BCUT2D eigenvalue weighted by atomic mass is 16.6. The number of rotatable bonds is 3. The Bertz CT molecular complexity index is 445. The van der Waals surface area contributed by atoms with Crippen LogP contribution < -0.4 is 5.32 Å². The molecule has 1 aromatic carbocycles. The molecular weight excluding hydrogens is 228 g/mol. The molecule has 0 amide bonds. The minimum absolute atomic E-state index is 0.218. The van der Waals surface area contributed by atoms with Gasteiger partial charge in [0.15, 0.2) is 0 Å². The Morgan fingerprint density at radius 3 is 2.83 bits per heavy atom. The van der Waals surface area contributed by atoms with E-state index in [9.17, 15) is 10.1 Å². The van der Waals surface area contributed by atoms with E-state index in [0.29, 0.717) is 23.2 Å². The standard InChI is InChI=1S/C14H20N2O2/c1-10-5-3-7-12(9-10)15-13-8-4-6-11(2)14(13)16(17)18/h4,6,8,10,12,15H,3,5,7,9H2,1-2H3. The van der Waals surface area contributed by atoms with Gasteiger partial charge in [-0.1, -0.05) is 31.9 Å². The van der Waals surface area contributed by atoms with Crippen molar-refractivity contribution in [1.29, 1.82) is 0 Å². The van der Waals surface area contributed by atoms with Crippen LogP contribution in [-0.2, 0) is 0 Å². The highest BCUT2D eigenvalue weighted by Gasteiger charge is 2.23. The van der Waals surface area contributed by atoms with Crippen LogP contribution in [0.2, 0.25) is 0 Å². The minimum Gasteiger partial charge on any atom is -0.377 e. The van der Waals surface area contributed by atoms with Crippen molar-refractivity contribution in [2.24, 2.45) is 5.92 Å². The molecule has 1 N–H and O–H groups in total. The third-order valence-electron chi connectivity index (χ3n) is 3.72. The molecule has 1 fully saturated rings. The van der Waals surface area contributed by atoms with Gasteiger partial charge in [0.25, 0.3) is 5.69 Å².